The Morgan fingerprint density at radius 1 is 1.30 bits per heavy atom. The monoisotopic (exact) mass is 272 g/mol. The second kappa shape index (κ2) is 5.63. The third-order valence-corrected chi connectivity index (χ3v) is 3.72. The second-order valence-corrected chi connectivity index (χ2v) is 5.03. The Morgan fingerprint density at radius 2 is 2.05 bits per heavy atom. The third kappa shape index (κ3) is 2.41. The van der Waals surface area contributed by atoms with E-state index in [-0.39, 0.29) is 0 Å². The molecule has 20 heavy (non-hydrogen) atoms. The number of ether oxygens (including phenoxy) is 1. The highest BCUT2D eigenvalue weighted by molar-refractivity contribution is 5.77. The van der Waals surface area contributed by atoms with Crippen LogP contribution in [-0.4, -0.2) is 42.8 Å². The molecule has 0 bridgehead atoms. The van der Waals surface area contributed by atoms with E-state index in [2.05, 4.69) is 22.2 Å². The lowest BCUT2D eigenvalue weighted by Crippen LogP contribution is -2.34. The summed E-state index contributed by atoms with van der Waals surface area (Å²) in [5, 5.41) is 3.38. The van der Waals surface area contributed by atoms with Crippen LogP contribution in [0.3, 0.4) is 0 Å². The van der Waals surface area contributed by atoms with Crippen LogP contribution in [0, 0.1) is 0 Å². The molecule has 0 amide bonds. The number of rotatable bonds is 4. The van der Waals surface area contributed by atoms with Gasteiger partial charge in [0, 0.05) is 19.6 Å². The molecule has 2 heterocycles. The number of para-hydroxylation sites is 2. The van der Waals surface area contributed by atoms with Gasteiger partial charge in [0.2, 0.25) is 0 Å². The van der Waals surface area contributed by atoms with Crippen molar-refractivity contribution < 1.29 is 4.74 Å². The molecule has 1 aliphatic heterocycles. The quantitative estimate of drug-likeness (QED) is 0.920. The van der Waals surface area contributed by atoms with Gasteiger partial charge >= 0.3 is 0 Å². The number of anilines is 1. The Labute approximate surface area is 119 Å². The first-order valence-corrected chi connectivity index (χ1v) is 7.12. The van der Waals surface area contributed by atoms with Crippen LogP contribution in [0.15, 0.2) is 24.3 Å². The van der Waals surface area contributed by atoms with Crippen LogP contribution in [0.4, 0.5) is 5.82 Å². The molecule has 3 rings (SSSR count). The summed E-state index contributed by atoms with van der Waals surface area (Å²) in [5.41, 5.74) is 1.78. The Bertz CT molecular complexity index is 595. The van der Waals surface area contributed by atoms with Crippen LogP contribution in [0.2, 0.25) is 0 Å². The average Bonchev–Trinajstić information content (AvgIpc) is 3.00. The molecule has 1 aliphatic rings. The molecular weight excluding hydrogens is 252 g/mol. The van der Waals surface area contributed by atoms with E-state index in [1.54, 1.807) is 0 Å². The van der Waals surface area contributed by atoms with Crippen LogP contribution in [0.25, 0.3) is 11.0 Å². The SMILES string of the molecule is CCOc1nc2ccccc2nc1N(C)C1CCNC1. The Morgan fingerprint density at radius 3 is 2.70 bits per heavy atom. The van der Waals surface area contributed by atoms with E-state index in [9.17, 15) is 0 Å². The van der Waals surface area contributed by atoms with Crippen LogP contribution in [0.5, 0.6) is 5.88 Å². The molecule has 2 aromatic rings. The van der Waals surface area contributed by atoms with Crippen molar-refractivity contribution in [3.8, 4) is 5.88 Å². The molecule has 0 spiro atoms. The maximum Gasteiger partial charge on any atom is 0.258 e. The number of nitrogens with one attached hydrogen (secondary N) is 1. The van der Waals surface area contributed by atoms with Gasteiger partial charge in [-0.1, -0.05) is 12.1 Å². The molecule has 1 aromatic carbocycles. The van der Waals surface area contributed by atoms with Gasteiger partial charge in [0.1, 0.15) is 0 Å². The smallest absolute Gasteiger partial charge is 0.258 e. The first-order valence-electron chi connectivity index (χ1n) is 7.12. The molecule has 0 saturated carbocycles. The summed E-state index contributed by atoms with van der Waals surface area (Å²) in [4.78, 5) is 11.5. The van der Waals surface area contributed by atoms with Crippen molar-refractivity contribution in [3.63, 3.8) is 0 Å². The summed E-state index contributed by atoms with van der Waals surface area (Å²) in [6.45, 7) is 4.60. The van der Waals surface area contributed by atoms with E-state index < -0.39 is 0 Å². The van der Waals surface area contributed by atoms with E-state index >= 15 is 0 Å². The van der Waals surface area contributed by atoms with E-state index in [0.717, 1.165) is 36.4 Å². The Hall–Kier alpha value is -1.88. The first-order chi connectivity index (χ1) is 9.79. The van der Waals surface area contributed by atoms with Gasteiger partial charge in [0.25, 0.3) is 5.88 Å². The van der Waals surface area contributed by atoms with E-state index in [0.29, 0.717) is 18.5 Å². The van der Waals surface area contributed by atoms with E-state index in [1.165, 1.54) is 0 Å². The van der Waals surface area contributed by atoms with Crippen molar-refractivity contribution in [2.24, 2.45) is 0 Å². The van der Waals surface area contributed by atoms with E-state index in [1.807, 2.05) is 31.2 Å². The molecule has 1 atom stereocenters. The van der Waals surface area contributed by atoms with Crippen molar-refractivity contribution in [1.82, 2.24) is 15.3 Å². The minimum Gasteiger partial charge on any atom is -0.475 e. The van der Waals surface area contributed by atoms with Gasteiger partial charge in [-0.05, 0) is 32.0 Å². The van der Waals surface area contributed by atoms with Gasteiger partial charge in [-0.25, -0.2) is 9.97 Å². The minimum atomic E-state index is 0.449. The lowest BCUT2D eigenvalue weighted by Gasteiger charge is -2.26. The number of hydrogen-bond acceptors (Lipinski definition) is 5. The predicted octanol–water partition coefficient (Wildman–Crippen LogP) is 1.83. The molecule has 0 aliphatic carbocycles. The van der Waals surface area contributed by atoms with Crippen molar-refractivity contribution >= 4 is 16.9 Å². The minimum absolute atomic E-state index is 0.449. The van der Waals surface area contributed by atoms with Crippen LogP contribution in [0.1, 0.15) is 13.3 Å². The lowest BCUT2D eigenvalue weighted by atomic mass is 10.2. The Kier molecular flexibility index (Phi) is 3.69. The molecule has 1 unspecified atom stereocenters. The highest BCUT2D eigenvalue weighted by Crippen LogP contribution is 2.28. The summed E-state index contributed by atoms with van der Waals surface area (Å²) in [5.74, 6) is 1.46. The molecule has 1 N–H and O–H groups in total. The first kappa shape index (κ1) is 13.1. The molecule has 106 valence electrons. The molecule has 5 nitrogen and oxygen atoms in total. The van der Waals surface area contributed by atoms with Crippen LogP contribution >= 0.6 is 0 Å². The summed E-state index contributed by atoms with van der Waals surface area (Å²) in [7, 11) is 2.07. The van der Waals surface area contributed by atoms with Crippen LogP contribution in [-0.2, 0) is 0 Å². The standard InChI is InChI=1S/C15H20N4O/c1-3-20-15-14(19(2)11-8-9-16-10-11)17-12-6-4-5-7-13(12)18-15/h4-7,11,16H,3,8-10H2,1-2H3. The zero-order chi connectivity index (χ0) is 13.9. The largest absolute Gasteiger partial charge is 0.475 e. The van der Waals surface area contributed by atoms with Gasteiger partial charge in [0.05, 0.1) is 17.6 Å². The molecular formula is C15H20N4O. The zero-order valence-corrected chi connectivity index (χ0v) is 12.0. The van der Waals surface area contributed by atoms with Gasteiger partial charge in [-0.15, -0.1) is 0 Å². The number of hydrogen-bond donors (Lipinski definition) is 1. The number of nitrogens with zero attached hydrogens (tertiary/aromatic N) is 3. The topological polar surface area (TPSA) is 50.3 Å². The van der Waals surface area contributed by atoms with Gasteiger partial charge in [-0.2, -0.15) is 0 Å². The van der Waals surface area contributed by atoms with Gasteiger partial charge in [-0.3, -0.25) is 0 Å². The van der Waals surface area contributed by atoms with Gasteiger partial charge in [0.15, 0.2) is 5.82 Å². The zero-order valence-electron chi connectivity index (χ0n) is 12.0. The summed E-state index contributed by atoms with van der Waals surface area (Å²) < 4.78 is 5.69. The number of benzene rings is 1. The fourth-order valence-electron chi connectivity index (χ4n) is 2.58. The van der Waals surface area contributed by atoms with Crippen LogP contribution < -0.4 is 15.0 Å². The summed E-state index contributed by atoms with van der Waals surface area (Å²) >= 11 is 0. The summed E-state index contributed by atoms with van der Waals surface area (Å²) in [6, 6.07) is 8.35. The lowest BCUT2D eigenvalue weighted by molar-refractivity contribution is 0.326. The average molecular weight is 272 g/mol. The number of fused-ring (bicyclic) bond motifs is 1. The number of aromatic nitrogens is 2. The fraction of sp³-hybridized carbons (Fsp3) is 0.467. The van der Waals surface area contributed by atoms with Crippen molar-refractivity contribution in [3.05, 3.63) is 24.3 Å². The summed E-state index contributed by atoms with van der Waals surface area (Å²) in [6.07, 6.45) is 1.12. The maximum atomic E-state index is 5.69. The maximum absolute atomic E-state index is 5.69. The fourth-order valence-corrected chi connectivity index (χ4v) is 2.58. The molecule has 5 heteroatoms. The normalized spacial score (nSPS) is 18.4. The van der Waals surface area contributed by atoms with Crippen molar-refractivity contribution in [1.29, 1.82) is 0 Å². The highest BCUT2D eigenvalue weighted by Gasteiger charge is 2.24. The predicted molar refractivity (Wildman–Crippen MR) is 80.4 cm³/mol. The third-order valence-electron chi connectivity index (χ3n) is 3.72. The van der Waals surface area contributed by atoms with Crippen molar-refractivity contribution in [2.75, 3.05) is 31.6 Å². The highest BCUT2D eigenvalue weighted by atomic mass is 16.5. The molecule has 1 fully saturated rings. The molecule has 1 aromatic heterocycles. The second-order valence-electron chi connectivity index (χ2n) is 5.03. The Balaban J connectivity index is 2.03. The van der Waals surface area contributed by atoms with Crippen molar-refractivity contribution in [2.45, 2.75) is 19.4 Å². The number of likely N-dealkylation sites (N-methyl/N-ethyl adjacent to an activating group) is 1. The van der Waals surface area contributed by atoms with E-state index in [4.69, 9.17) is 9.72 Å². The molecule has 0 radical (unpaired) electrons. The molecule has 1 saturated heterocycles. The van der Waals surface area contributed by atoms with Gasteiger partial charge < -0.3 is 15.0 Å².